The van der Waals surface area contributed by atoms with Crippen molar-refractivity contribution >= 4 is 5.69 Å². The van der Waals surface area contributed by atoms with E-state index < -0.39 is 0 Å². The molecule has 0 bridgehead atoms. The molecule has 0 saturated carbocycles. The Morgan fingerprint density at radius 2 is 1.76 bits per heavy atom. The van der Waals surface area contributed by atoms with Crippen LogP contribution in [0, 0.1) is 0 Å². The van der Waals surface area contributed by atoms with Crippen molar-refractivity contribution in [3.05, 3.63) is 64.1 Å². The molecule has 3 nitrogen and oxygen atoms in total. The second kappa shape index (κ2) is 7.11. The molecule has 0 radical (unpaired) electrons. The van der Waals surface area contributed by atoms with Crippen molar-refractivity contribution in [1.82, 2.24) is 4.57 Å². The van der Waals surface area contributed by atoms with E-state index in [0.29, 0.717) is 6.54 Å². The summed E-state index contributed by atoms with van der Waals surface area (Å²) in [5.41, 5.74) is 3.67. The fraction of sp³-hybridized carbons (Fsp3) is 0.389. The molecule has 1 aromatic carbocycles. The van der Waals surface area contributed by atoms with E-state index in [-0.39, 0.29) is 11.6 Å². The Bertz CT molecular complexity index is 628. The molecule has 2 aromatic rings. The van der Waals surface area contributed by atoms with Gasteiger partial charge in [-0.15, -0.1) is 0 Å². The van der Waals surface area contributed by atoms with Crippen LogP contribution in [0.3, 0.4) is 0 Å². The van der Waals surface area contributed by atoms with Crippen molar-refractivity contribution < 1.29 is 0 Å². The zero-order valence-corrected chi connectivity index (χ0v) is 13.1. The molecule has 1 atom stereocenters. The molecule has 3 heteroatoms. The van der Waals surface area contributed by atoms with E-state index in [1.54, 1.807) is 10.6 Å². The Labute approximate surface area is 126 Å². The van der Waals surface area contributed by atoms with Gasteiger partial charge in [0.15, 0.2) is 0 Å². The molecular weight excluding hydrogens is 260 g/mol. The number of rotatable bonds is 6. The normalized spacial score (nSPS) is 12.1. The fourth-order valence-electron chi connectivity index (χ4n) is 2.47. The summed E-state index contributed by atoms with van der Waals surface area (Å²) in [4.78, 5) is 11.6. The van der Waals surface area contributed by atoms with Gasteiger partial charge >= 0.3 is 0 Å². The van der Waals surface area contributed by atoms with Crippen molar-refractivity contribution in [2.75, 3.05) is 5.32 Å². The number of aryl methyl sites for hydroxylation is 2. The van der Waals surface area contributed by atoms with Crippen LogP contribution in [0.25, 0.3) is 0 Å². The van der Waals surface area contributed by atoms with E-state index in [4.69, 9.17) is 0 Å². The lowest BCUT2D eigenvalue weighted by Gasteiger charge is -2.19. The minimum absolute atomic E-state index is 0.0448. The van der Waals surface area contributed by atoms with Crippen LogP contribution in [0.5, 0.6) is 0 Å². The van der Waals surface area contributed by atoms with Crippen molar-refractivity contribution in [2.45, 2.75) is 46.2 Å². The first-order chi connectivity index (χ1) is 10.2. The largest absolute Gasteiger partial charge is 0.377 e. The first-order valence-electron chi connectivity index (χ1n) is 7.73. The zero-order valence-electron chi connectivity index (χ0n) is 13.1. The molecule has 2 rings (SSSR count). The topological polar surface area (TPSA) is 34.0 Å². The minimum Gasteiger partial charge on any atom is -0.377 e. The lowest BCUT2D eigenvalue weighted by atomic mass is 10.0. The molecule has 0 saturated heterocycles. The summed E-state index contributed by atoms with van der Waals surface area (Å²) >= 11 is 0. The highest BCUT2D eigenvalue weighted by Gasteiger charge is 2.09. The van der Waals surface area contributed by atoms with Crippen LogP contribution in [-0.4, -0.2) is 4.57 Å². The Kier molecular flexibility index (Phi) is 5.20. The van der Waals surface area contributed by atoms with Crippen LogP contribution >= 0.6 is 0 Å². The molecular formula is C18H24N2O. The SMILES string of the molecule is CCc1ccc(C(CC)Nc2ccc(=O)n(CC)c2)cc1. The molecule has 1 aromatic heterocycles. The smallest absolute Gasteiger partial charge is 0.250 e. The number of aromatic nitrogens is 1. The van der Waals surface area contributed by atoms with E-state index in [9.17, 15) is 4.79 Å². The quantitative estimate of drug-likeness (QED) is 0.870. The number of pyridine rings is 1. The van der Waals surface area contributed by atoms with Crippen LogP contribution in [-0.2, 0) is 13.0 Å². The first kappa shape index (κ1) is 15.4. The summed E-state index contributed by atoms with van der Waals surface area (Å²) in [6.45, 7) is 7.00. The van der Waals surface area contributed by atoms with E-state index in [1.807, 2.05) is 19.2 Å². The number of anilines is 1. The Balaban J connectivity index is 2.20. The van der Waals surface area contributed by atoms with Gasteiger partial charge in [0.25, 0.3) is 5.56 Å². The molecule has 1 unspecified atom stereocenters. The van der Waals surface area contributed by atoms with Gasteiger partial charge in [-0.1, -0.05) is 38.1 Å². The van der Waals surface area contributed by atoms with Crippen LogP contribution in [0.15, 0.2) is 47.4 Å². The van der Waals surface area contributed by atoms with Crippen molar-refractivity contribution in [3.8, 4) is 0 Å². The van der Waals surface area contributed by atoms with Crippen LogP contribution in [0.4, 0.5) is 5.69 Å². The van der Waals surface area contributed by atoms with Crippen LogP contribution in [0.2, 0.25) is 0 Å². The molecule has 0 fully saturated rings. The summed E-state index contributed by atoms with van der Waals surface area (Å²) in [7, 11) is 0. The van der Waals surface area contributed by atoms with Crippen molar-refractivity contribution in [3.63, 3.8) is 0 Å². The third kappa shape index (κ3) is 3.75. The fourth-order valence-corrected chi connectivity index (χ4v) is 2.47. The Morgan fingerprint density at radius 1 is 1.05 bits per heavy atom. The average molecular weight is 284 g/mol. The number of benzene rings is 1. The van der Waals surface area contributed by atoms with Gasteiger partial charge in [-0.3, -0.25) is 4.79 Å². The lowest BCUT2D eigenvalue weighted by molar-refractivity contribution is 0.715. The minimum atomic E-state index is 0.0448. The van der Waals surface area contributed by atoms with Gasteiger partial charge in [0.2, 0.25) is 0 Å². The predicted octanol–water partition coefficient (Wildman–Crippen LogP) is 3.99. The van der Waals surface area contributed by atoms with Gasteiger partial charge in [0.1, 0.15) is 0 Å². The summed E-state index contributed by atoms with van der Waals surface area (Å²) in [6.07, 6.45) is 3.95. The second-order valence-corrected chi connectivity index (χ2v) is 5.24. The molecule has 1 N–H and O–H groups in total. The Morgan fingerprint density at radius 3 is 2.33 bits per heavy atom. The van der Waals surface area contributed by atoms with Crippen LogP contribution < -0.4 is 10.9 Å². The first-order valence-corrected chi connectivity index (χ1v) is 7.73. The molecule has 112 valence electrons. The summed E-state index contributed by atoms with van der Waals surface area (Å²) < 4.78 is 1.72. The highest BCUT2D eigenvalue weighted by molar-refractivity contribution is 5.43. The molecule has 0 amide bonds. The number of hydrogen-bond donors (Lipinski definition) is 1. The highest BCUT2D eigenvalue weighted by atomic mass is 16.1. The standard InChI is InChI=1S/C18H24N2O/c1-4-14-7-9-15(10-8-14)17(5-2)19-16-11-12-18(21)20(6-3)13-16/h7-13,17,19H,4-6H2,1-3H3. The third-order valence-corrected chi connectivity index (χ3v) is 3.86. The molecule has 0 aliphatic carbocycles. The van der Waals surface area contributed by atoms with Gasteiger partial charge in [-0.2, -0.15) is 0 Å². The van der Waals surface area contributed by atoms with Gasteiger partial charge in [-0.05, 0) is 37.0 Å². The van der Waals surface area contributed by atoms with Gasteiger partial charge in [0.05, 0.1) is 11.7 Å². The summed E-state index contributed by atoms with van der Waals surface area (Å²) in [6, 6.07) is 12.5. The van der Waals surface area contributed by atoms with Gasteiger partial charge in [-0.25, -0.2) is 0 Å². The molecule has 21 heavy (non-hydrogen) atoms. The van der Waals surface area contributed by atoms with Gasteiger partial charge in [0, 0.05) is 18.8 Å². The monoisotopic (exact) mass is 284 g/mol. The molecule has 0 spiro atoms. The molecule has 0 aliphatic rings. The van der Waals surface area contributed by atoms with Crippen LogP contribution in [0.1, 0.15) is 44.4 Å². The second-order valence-electron chi connectivity index (χ2n) is 5.24. The third-order valence-electron chi connectivity index (χ3n) is 3.86. The molecule has 0 aliphatic heterocycles. The maximum absolute atomic E-state index is 11.6. The predicted molar refractivity (Wildman–Crippen MR) is 88.9 cm³/mol. The number of nitrogens with zero attached hydrogens (tertiary/aromatic N) is 1. The Hall–Kier alpha value is -2.03. The van der Waals surface area contributed by atoms with Gasteiger partial charge < -0.3 is 9.88 Å². The maximum Gasteiger partial charge on any atom is 0.250 e. The molecule has 1 heterocycles. The number of nitrogens with one attached hydrogen (secondary N) is 1. The van der Waals surface area contributed by atoms with E-state index in [2.05, 4.69) is 43.4 Å². The summed E-state index contributed by atoms with van der Waals surface area (Å²) in [5, 5.41) is 3.52. The highest BCUT2D eigenvalue weighted by Crippen LogP contribution is 2.22. The summed E-state index contributed by atoms with van der Waals surface area (Å²) in [5.74, 6) is 0. The van der Waals surface area contributed by atoms with E-state index >= 15 is 0 Å². The zero-order chi connectivity index (χ0) is 15.2. The van der Waals surface area contributed by atoms with E-state index in [0.717, 1.165) is 18.5 Å². The maximum atomic E-state index is 11.6. The average Bonchev–Trinajstić information content (AvgIpc) is 2.54. The van der Waals surface area contributed by atoms with Crippen molar-refractivity contribution in [2.24, 2.45) is 0 Å². The van der Waals surface area contributed by atoms with Crippen molar-refractivity contribution in [1.29, 1.82) is 0 Å². The van der Waals surface area contributed by atoms with E-state index in [1.165, 1.54) is 11.1 Å². The lowest BCUT2D eigenvalue weighted by Crippen LogP contribution is -2.19. The number of hydrogen-bond acceptors (Lipinski definition) is 2.